The maximum absolute atomic E-state index is 6.27. The first-order valence-electron chi connectivity index (χ1n) is 15.8. The summed E-state index contributed by atoms with van der Waals surface area (Å²) in [6, 6.07) is 55.6. The van der Waals surface area contributed by atoms with Crippen LogP contribution in [0, 0.1) is 0 Å². The molecule has 0 fully saturated rings. The van der Waals surface area contributed by atoms with Gasteiger partial charge in [-0.1, -0.05) is 115 Å². The monoisotopic (exact) mass is 583 g/mol. The predicted octanol–water partition coefficient (Wildman–Crippen LogP) is 12.9. The molecular formula is C44H25NO. The molecule has 11 aromatic rings. The van der Waals surface area contributed by atoms with E-state index in [1.165, 1.54) is 64.6 Å². The lowest BCUT2D eigenvalue weighted by atomic mass is 9.91. The summed E-state index contributed by atoms with van der Waals surface area (Å²) in [6.07, 6.45) is 0. The first kappa shape index (κ1) is 24.2. The van der Waals surface area contributed by atoms with Gasteiger partial charge in [0.1, 0.15) is 11.2 Å². The molecular weight excluding hydrogens is 558 g/mol. The van der Waals surface area contributed by atoms with Gasteiger partial charge in [-0.2, -0.15) is 0 Å². The molecule has 2 nitrogen and oxygen atoms in total. The molecule has 0 saturated heterocycles. The fourth-order valence-corrected chi connectivity index (χ4v) is 8.09. The van der Waals surface area contributed by atoms with Crippen molar-refractivity contribution in [3.05, 3.63) is 152 Å². The van der Waals surface area contributed by atoms with Crippen molar-refractivity contribution in [1.29, 1.82) is 0 Å². The lowest BCUT2D eigenvalue weighted by molar-refractivity contribution is 0.669. The van der Waals surface area contributed by atoms with Gasteiger partial charge in [0.05, 0.1) is 11.4 Å². The van der Waals surface area contributed by atoms with Gasteiger partial charge in [-0.15, -0.1) is 0 Å². The van der Waals surface area contributed by atoms with Crippen LogP contribution in [0.3, 0.4) is 0 Å². The van der Waals surface area contributed by atoms with Crippen molar-refractivity contribution in [2.24, 2.45) is 0 Å². The average molecular weight is 584 g/mol. The highest BCUT2D eigenvalue weighted by Crippen LogP contribution is 2.48. The molecule has 0 spiro atoms. The Morgan fingerprint density at radius 1 is 0.326 bits per heavy atom. The number of furan rings is 1. The summed E-state index contributed by atoms with van der Waals surface area (Å²) in [5.74, 6) is 0. The van der Waals surface area contributed by atoms with Crippen molar-refractivity contribution in [1.82, 2.24) is 0 Å². The Kier molecular flexibility index (Phi) is 4.61. The summed E-state index contributed by atoms with van der Waals surface area (Å²) in [5.41, 5.74) is 5.23. The number of anilines is 3. The van der Waals surface area contributed by atoms with Gasteiger partial charge in [0, 0.05) is 27.2 Å². The molecule has 11 rings (SSSR count). The van der Waals surface area contributed by atoms with Crippen LogP contribution in [0.5, 0.6) is 0 Å². The fourth-order valence-electron chi connectivity index (χ4n) is 8.09. The molecule has 10 aromatic carbocycles. The minimum absolute atomic E-state index is 0.899. The van der Waals surface area contributed by atoms with Crippen molar-refractivity contribution in [2.75, 3.05) is 4.90 Å². The number of hydrogen-bond donors (Lipinski definition) is 0. The van der Waals surface area contributed by atoms with E-state index < -0.39 is 0 Å². The number of hydrogen-bond acceptors (Lipinski definition) is 2. The Hall–Kier alpha value is -6.12. The molecule has 0 aliphatic rings. The molecule has 0 aliphatic carbocycles. The van der Waals surface area contributed by atoms with E-state index in [1.54, 1.807) is 0 Å². The predicted molar refractivity (Wildman–Crippen MR) is 196 cm³/mol. The van der Waals surface area contributed by atoms with Gasteiger partial charge >= 0.3 is 0 Å². The topological polar surface area (TPSA) is 16.4 Å². The van der Waals surface area contributed by atoms with Crippen molar-refractivity contribution in [2.45, 2.75) is 0 Å². The Morgan fingerprint density at radius 3 is 1.39 bits per heavy atom. The molecule has 0 atom stereocenters. The molecule has 0 unspecified atom stereocenters. The van der Waals surface area contributed by atoms with Crippen LogP contribution in [0.2, 0.25) is 0 Å². The van der Waals surface area contributed by atoms with Gasteiger partial charge in [0.25, 0.3) is 0 Å². The minimum Gasteiger partial charge on any atom is -0.456 e. The van der Waals surface area contributed by atoms with E-state index in [1.807, 2.05) is 6.07 Å². The summed E-state index contributed by atoms with van der Waals surface area (Å²) in [7, 11) is 0. The molecule has 1 heterocycles. The van der Waals surface area contributed by atoms with Crippen molar-refractivity contribution in [3.8, 4) is 0 Å². The Balaban J connectivity index is 1.29. The van der Waals surface area contributed by atoms with Crippen molar-refractivity contribution >= 4 is 104 Å². The van der Waals surface area contributed by atoms with Gasteiger partial charge in [0.2, 0.25) is 0 Å². The Bertz CT molecular complexity index is 2810. The molecule has 212 valence electrons. The van der Waals surface area contributed by atoms with E-state index in [0.717, 1.165) is 39.0 Å². The maximum atomic E-state index is 6.27. The summed E-state index contributed by atoms with van der Waals surface area (Å²) in [4.78, 5) is 2.47. The molecule has 1 aromatic heterocycles. The molecule has 0 saturated carbocycles. The maximum Gasteiger partial charge on any atom is 0.135 e. The van der Waals surface area contributed by atoms with Gasteiger partial charge in [-0.25, -0.2) is 0 Å². The van der Waals surface area contributed by atoms with Gasteiger partial charge in [-0.3, -0.25) is 0 Å². The van der Waals surface area contributed by atoms with Gasteiger partial charge < -0.3 is 9.32 Å². The summed E-state index contributed by atoms with van der Waals surface area (Å²) in [5, 5.41) is 17.6. The second-order valence-electron chi connectivity index (χ2n) is 12.5. The largest absolute Gasteiger partial charge is 0.456 e. The zero-order valence-corrected chi connectivity index (χ0v) is 24.8. The molecule has 0 radical (unpaired) electrons. The summed E-state index contributed by atoms with van der Waals surface area (Å²) in [6.45, 7) is 0. The van der Waals surface area contributed by atoms with E-state index >= 15 is 0 Å². The van der Waals surface area contributed by atoms with Crippen LogP contribution in [0.1, 0.15) is 0 Å². The second kappa shape index (κ2) is 8.74. The number of para-hydroxylation sites is 1. The van der Waals surface area contributed by atoms with E-state index in [9.17, 15) is 0 Å². The summed E-state index contributed by atoms with van der Waals surface area (Å²) < 4.78 is 6.27. The lowest BCUT2D eigenvalue weighted by Crippen LogP contribution is -2.11. The molecule has 0 bridgehead atoms. The number of rotatable bonds is 3. The Morgan fingerprint density at radius 2 is 0.804 bits per heavy atom. The zero-order chi connectivity index (χ0) is 29.9. The number of benzene rings is 10. The average Bonchev–Trinajstić information content (AvgIpc) is 3.49. The van der Waals surface area contributed by atoms with Gasteiger partial charge in [0.15, 0.2) is 0 Å². The molecule has 0 N–H and O–H groups in total. The highest BCUT2D eigenvalue weighted by molar-refractivity contribution is 6.28. The fraction of sp³-hybridized carbons (Fsp3) is 0. The van der Waals surface area contributed by atoms with Crippen LogP contribution in [0.25, 0.3) is 86.6 Å². The third-order valence-electron chi connectivity index (χ3n) is 10.1. The van der Waals surface area contributed by atoms with Crippen molar-refractivity contribution < 1.29 is 4.42 Å². The first-order chi connectivity index (χ1) is 22.8. The van der Waals surface area contributed by atoms with Crippen LogP contribution in [0.15, 0.2) is 156 Å². The van der Waals surface area contributed by atoms with E-state index in [4.69, 9.17) is 4.42 Å². The van der Waals surface area contributed by atoms with E-state index in [0.29, 0.717) is 0 Å². The van der Waals surface area contributed by atoms with Crippen LogP contribution >= 0.6 is 0 Å². The smallest absolute Gasteiger partial charge is 0.135 e. The molecule has 46 heavy (non-hydrogen) atoms. The van der Waals surface area contributed by atoms with Crippen LogP contribution in [-0.4, -0.2) is 0 Å². The van der Waals surface area contributed by atoms with Crippen molar-refractivity contribution in [3.63, 3.8) is 0 Å². The van der Waals surface area contributed by atoms with Crippen LogP contribution in [-0.2, 0) is 0 Å². The van der Waals surface area contributed by atoms with E-state index in [2.05, 4.69) is 150 Å². The number of nitrogens with zero attached hydrogens (tertiary/aromatic N) is 1. The van der Waals surface area contributed by atoms with Gasteiger partial charge in [-0.05, 0) is 90.3 Å². The second-order valence-corrected chi connectivity index (χ2v) is 12.5. The third kappa shape index (κ3) is 3.15. The quantitative estimate of drug-likeness (QED) is 0.192. The van der Waals surface area contributed by atoms with Crippen LogP contribution in [0.4, 0.5) is 17.1 Å². The molecule has 0 amide bonds. The minimum atomic E-state index is 0.899. The zero-order valence-electron chi connectivity index (χ0n) is 24.8. The normalized spacial score (nSPS) is 12.3. The third-order valence-corrected chi connectivity index (χ3v) is 10.1. The Labute approximate surface area is 264 Å². The van der Waals surface area contributed by atoms with Crippen LogP contribution < -0.4 is 4.90 Å². The molecule has 2 heteroatoms. The highest BCUT2D eigenvalue weighted by Gasteiger charge is 2.22. The molecule has 0 aliphatic heterocycles. The first-order valence-corrected chi connectivity index (χ1v) is 15.8. The van der Waals surface area contributed by atoms with E-state index in [-0.39, 0.29) is 0 Å². The highest BCUT2D eigenvalue weighted by atomic mass is 16.3. The lowest BCUT2D eigenvalue weighted by Gasteiger charge is -2.29. The SMILES string of the molecule is c1cc2ccc3ccc(N(c4ccc5oc6ccccc6c5c4)c4ccc5ccc6cccc7ccc4c5c67)c4ccc(c1)c2c34. The standard InChI is InChI=1S/C44H25NO/c1-2-10-39-33(9-1)36-25-32(19-24-40(36)46-39)45(37-22-17-30-13-11-26-5-3-7-28-15-20-34(37)43(30)41(26)28)38-23-18-31-14-12-27-6-4-8-29-16-21-35(38)44(31)42(27)29/h1-25H. The summed E-state index contributed by atoms with van der Waals surface area (Å²) >= 11 is 0. The number of fused-ring (bicyclic) bond motifs is 3.